The van der Waals surface area contributed by atoms with E-state index in [2.05, 4.69) is 26.5 Å². The quantitative estimate of drug-likeness (QED) is 0.441. The highest BCUT2D eigenvalue weighted by molar-refractivity contribution is 6.09. The van der Waals surface area contributed by atoms with Crippen LogP contribution in [0.1, 0.15) is 6.92 Å². The van der Waals surface area contributed by atoms with Crippen LogP contribution in [0.25, 0.3) is 0 Å². The van der Waals surface area contributed by atoms with E-state index < -0.39 is 12.1 Å². The second kappa shape index (κ2) is 9.70. The molecule has 35 heavy (non-hydrogen) atoms. The molecule has 0 radical (unpaired) electrons. The minimum absolute atomic E-state index is 0.124. The normalized spacial score (nSPS) is 18.9. The smallest absolute Gasteiger partial charge is 0.483 e. The molecule has 5 rings (SSSR count). The monoisotopic (exact) mass is 492 g/mol. The summed E-state index contributed by atoms with van der Waals surface area (Å²) in [5, 5.41) is 21.6. The molecular formula is C22H23F3N6O4. The summed E-state index contributed by atoms with van der Waals surface area (Å²) in [6, 6.07) is 14.1. The molecular weight excluding hydrogens is 469 g/mol. The first-order chi connectivity index (χ1) is 16.6. The van der Waals surface area contributed by atoms with Crippen molar-refractivity contribution in [1.82, 2.24) is 10.7 Å². The Bertz CT molecular complexity index is 1140. The summed E-state index contributed by atoms with van der Waals surface area (Å²) in [5.74, 6) is -1.44. The number of carbonyl (C=O) groups is 2. The molecule has 186 valence electrons. The maximum absolute atomic E-state index is 12.1. The van der Waals surface area contributed by atoms with E-state index in [4.69, 9.17) is 14.6 Å². The van der Waals surface area contributed by atoms with Gasteiger partial charge in [0.25, 0.3) is 5.91 Å². The van der Waals surface area contributed by atoms with Crippen LogP contribution in [0.3, 0.4) is 0 Å². The zero-order valence-corrected chi connectivity index (χ0v) is 18.5. The summed E-state index contributed by atoms with van der Waals surface area (Å²) in [4.78, 5) is 23.0. The summed E-state index contributed by atoms with van der Waals surface area (Å²) >= 11 is 0. The number of nitrogens with zero attached hydrogens (tertiary/aromatic N) is 2. The van der Waals surface area contributed by atoms with Crippen molar-refractivity contribution in [2.75, 3.05) is 35.2 Å². The van der Waals surface area contributed by atoms with E-state index in [0.717, 1.165) is 41.6 Å². The van der Waals surface area contributed by atoms with E-state index in [9.17, 15) is 18.0 Å². The lowest BCUT2D eigenvalue weighted by Gasteiger charge is -2.39. The molecule has 0 bridgehead atoms. The molecule has 1 atom stereocenters. The largest absolute Gasteiger partial charge is 0.490 e. The third-order valence-corrected chi connectivity index (χ3v) is 5.49. The summed E-state index contributed by atoms with van der Waals surface area (Å²) < 4.78 is 37.7. The Morgan fingerprint density at radius 2 is 1.89 bits per heavy atom. The number of amides is 1. The number of amidine groups is 1. The van der Waals surface area contributed by atoms with Crippen molar-refractivity contribution in [3.05, 3.63) is 42.5 Å². The first-order valence-corrected chi connectivity index (χ1v) is 10.7. The number of ether oxygens (including phenoxy) is 1. The number of hydrogen-bond acceptors (Lipinski definition) is 8. The Labute approximate surface area is 198 Å². The van der Waals surface area contributed by atoms with Gasteiger partial charge in [-0.15, -0.1) is 0 Å². The van der Waals surface area contributed by atoms with Crippen LogP contribution >= 0.6 is 0 Å². The Balaban J connectivity index is 0.000000364. The van der Waals surface area contributed by atoms with Gasteiger partial charge in [0.15, 0.2) is 5.84 Å². The minimum Gasteiger partial charge on any atom is -0.483 e. The Morgan fingerprint density at radius 1 is 1.20 bits per heavy atom. The second-order valence-corrected chi connectivity index (χ2v) is 8.00. The summed E-state index contributed by atoms with van der Waals surface area (Å²) in [6.07, 6.45) is -5.08. The molecule has 3 aliphatic rings. The van der Waals surface area contributed by atoms with Gasteiger partial charge in [-0.3, -0.25) is 4.79 Å². The van der Waals surface area contributed by atoms with E-state index >= 15 is 0 Å². The number of halogens is 3. The zero-order chi connectivity index (χ0) is 25.2. The topological polar surface area (TPSA) is 127 Å². The Morgan fingerprint density at radius 3 is 2.49 bits per heavy atom. The fourth-order valence-corrected chi connectivity index (χ4v) is 3.58. The first-order valence-electron chi connectivity index (χ1n) is 10.7. The highest BCUT2D eigenvalue weighted by atomic mass is 19.4. The summed E-state index contributed by atoms with van der Waals surface area (Å²) in [7, 11) is 0. The van der Waals surface area contributed by atoms with Gasteiger partial charge >= 0.3 is 12.1 Å². The van der Waals surface area contributed by atoms with Gasteiger partial charge in [-0.2, -0.15) is 18.3 Å². The maximum atomic E-state index is 12.1. The lowest BCUT2D eigenvalue weighted by molar-refractivity contribution is -0.192. The van der Waals surface area contributed by atoms with Crippen LogP contribution in [0.4, 0.5) is 35.9 Å². The van der Waals surface area contributed by atoms with E-state index in [-0.39, 0.29) is 11.9 Å². The van der Waals surface area contributed by atoms with Crippen molar-refractivity contribution in [2.24, 2.45) is 5.10 Å². The van der Waals surface area contributed by atoms with Gasteiger partial charge in [0, 0.05) is 24.8 Å². The number of hydrogen-bond donors (Lipinski definition) is 5. The van der Waals surface area contributed by atoms with Gasteiger partial charge in [0.05, 0.1) is 23.1 Å². The third kappa shape index (κ3) is 5.40. The van der Waals surface area contributed by atoms with E-state index in [1.54, 1.807) is 0 Å². The zero-order valence-electron chi connectivity index (χ0n) is 18.5. The van der Waals surface area contributed by atoms with Crippen LogP contribution in [0.5, 0.6) is 5.75 Å². The predicted octanol–water partition coefficient (Wildman–Crippen LogP) is 2.48. The molecule has 10 nitrogen and oxygen atoms in total. The van der Waals surface area contributed by atoms with Crippen LogP contribution in [0.15, 0.2) is 47.6 Å². The number of hydrazone groups is 1. The average Bonchev–Trinajstić information content (AvgIpc) is 2.79. The Kier molecular flexibility index (Phi) is 6.69. The molecule has 3 heterocycles. The summed E-state index contributed by atoms with van der Waals surface area (Å²) in [5.41, 5.74) is 6.32. The van der Waals surface area contributed by atoms with E-state index in [1.807, 2.05) is 54.3 Å². The van der Waals surface area contributed by atoms with Gasteiger partial charge in [-0.1, -0.05) is 18.2 Å². The van der Waals surface area contributed by atoms with E-state index in [1.165, 1.54) is 0 Å². The number of fused-ring (bicyclic) bond motifs is 3. The molecule has 0 spiro atoms. The second-order valence-electron chi connectivity index (χ2n) is 8.00. The number of rotatable bonds is 4. The molecule has 0 aromatic heterocycles. The number of benzene rings is 2. The molecule has 5 N–H and O–H groups in total. The number of carboxylic acid groups (broad SMARTS) is 1. The standard InChI is InChI=1S/C20H22N6O2.C2HF3O2/c1-12-20(27)25-24-19-11-28-18-8-16(22-13-5-3-2-4-6-13)15(7-17(18)26(12)19)23-14-9-21-10-14;3-2(4,5)1(6)7/h2-8,12,14,21-23H,9-11H2,1H3,(H,25,27);(H,6,7). The van der Waals surface area contributed by atoms with E-state index in [0.29, 0.717) is 18.5 Å². The highest BCUT2D eigenvalue weighted by Gasteiger charge is 2.38. The molecule has 0 aliphatic carbocycles. The molecule has 2 aromatic rings. The highest BCUT2D eigenvalue weighted by Crippen LogP contribution is 2.42. The van der Waals surface area contributed by atoms with Crippen molar-refractivity contribution in [3.8, 4) is 5.75 Å². The molecule has 3 aliphatic heterocycles. The lowest BCUT2D eigenvalue weighted by Crippen LogP contribution is -2.55. The average molecular weight is 492 g/mol. The van der Waals surface area contributed by atoms with Crippen molar-refractivity contribution < 1.29 is 32.6 Å². The fraction of sp³-hybridized carbons (Fsp3) is 0.318. The Hall–Kier alpha value is -4.00. The minimum atomic E-state index is -5.08. The number of anilines is 4. The number of alkyl halides is 3. The number of aliphatic carboxylic acids is 1. The van der Waals surface area contributed by atoms with Crippen LogP contribution in [0.2, 0.25) is 0 Å². The molecule has 1 unspecified atom stereocenters. The van der Waals surface area contributed by atoms with Crippen molar-refractivity contribution in [2.45, 2.75) is 25.2 Å². The first kappa shape index (κ1) is 24.1. The molecule has 1 amide bonds. The van der Waals surface area contributed by atoms with Crippen molar-refractivity contribution in [1.29, 1.82) is 0 Å². The van der Waals surface area contributed by atoms with Crippen LogP contribution < -0.4 is 31.0 Å². The van der Waals surface area contributed by atoms with Crippen molar-refractivity contribution >= 4 is 40.5 Å². The van der Waals surface area contributed by atoms with Gasteiger partial charge in [-0.25, -0.2) is 10.2 Å². The predicted molar refractivity (Wildman–Crippen MR) is 123 cm³/mol. The van der Waals surface area contributed by atoms with Crippen LogP contribution in [-0.4, -0.2) is 60.8 Å². The summed E-state index contributed by atoms with van der Waals surface area (Å²) in [6.45, 7) is 4.04. The molecule has 1 fully saturated rings. The third-order valence-electron chi connectivity index (χ3n) is 5.49. The maximum Gasteiger partial charge on any atom is 0.490 e. The van der Waals surface area contributed by atoms with Gasteiger partial charge in [0.1, 0.15) is 18.4 Å². The van der Waals surface area contributed by atoms with Gasteiger partial charge in [-0.05, 0) is 25.1 Å². The van der Waals surface area contributed by atoms with Gasteiger partial charge < -0.3 is 30.7 Å². The van der Waals surface area contributed by atoms with Crippen LogP contribution in [0, 0.1) is 0 Å². The number of carbonyl (C=O) groups excluding carboxylic acids is 1. The fourth-order valence-electron chi connectivity index (χ4n) is 3.58. The SMILES string of the molecule is CC1C(=O)NN=C2COc3cc(Nc4ccccc4)c(NC4CNC4)cc3N21.O=C(O)C(F)(F)F. The number of carboxylic acids is 1. The number of nitrogens with one attached hydrogen (secondary N) is 4. The molecule has 2 aromatic carbocycles. The molecule has 1 saturated heterocycles. The molecule has 13 heteroatoms. The van der Waals surface area contributed by atoms with Crippen LogP contribution in [-0.2, 0) is 9.59 Å². The van der Waals surface area contributed by atoms with Gasteiger partial charge in [0.2, 0.25) is 0 Å². The lowest BCUT2D eigenvalue weighted by atomic mass is 10.1. The molecule has 0 saturated carbocycles. The van der Waals surface area contributed by atoms with Crippen molar-refractivity contribution in [3.63, 3.8) is 0 Å². The number of para-hydroxylation sites is 1.